The molecule has 5 nitrogen and oxygen atoms in total. The number of anilines is 1. The summed E-state index contributed by atoms with van der Waals surface area (Å²) in [6, 6.07) is 16.7. The highest BCUT2D eigenvalue weighted by Gasteiger charge is 2.28. The van der Waals surface area contributed by atoms with E-state index in [0.29, 0.717) is 6.42 Å². The van der Waals surface area contributed by atoms with Gasteiger partial charge in [-0.2, -0.15) is 0 Å². The van der Waals surface area contributed by atoms with Crippen LogP contribution < -0.4 is 9.62 Å². The summed E-state index contributed by atoms with van der Waals surface area (Å²) in [6.07, 6.45) is 0.656. The fourth-order valence-corrected chi connectivity index (χ4v) is 5.74. The Kier molecular flexibility index (Phi) is 8.29. The average Bonchev–Trinajstić information content (AvgIpc) is 2.75. The highest BCUT2D eigenvalue weighted by atomic mass is 35.5. The van der Waals surface area contributed by atoms with E-state index >= 15 is 0 Å². The van der Waals surface area contributed by atoms with Gasteiger partial charge in [0, 0.05) is 10.0 Å². The van der Waals surface area contributed by atoms with E-state index in [4.69, 9.17) is 23.2 Å². The molecule has 3 aromatic rings. The van der Waals surface area contributed by atoms with Gasteiger partial charge in [0.2, 0.25) is 5.91 Å². The van der Waals surface area contributed by atoms with Crippen molar-refractivity contribution in [3.63, 3.8) is 0 Å². The molecule has 0 spiro atoms. The molecular weight excluding hydrogens is 491 g/mol. The Morgan fingerprint density at radius 3 is 2.06 bits per heavy atom. The lowest BCUT2D eigenvalue weighted by Crippen LogP contribution is -2.42. The van der Waals surface area contributed by atoms with E-state index in [1.54, 1.807) is 12.1 Å². The van der Waals surface area contributed by atoms with Crippen LogP contribution >= 0.6 is 23.2 Å². The Hall–Kier alpha value is -2.54. The number of aryl methyl sites for hydroxylation is 3. The zero-order valence-corrected chi connectivity index (χ0v) is 21.9. The molecule has 0 aromatic heterocycles. The van der Waals surface area contributed by atoms with E-state index < -0.39 is 22.5 Å². The number of amides is 1. The van der Waals surface area contributed by atoms with Crippen LogP contribution in [0.15, 0.2) is 65.6 Å². The zero-order valence-electron chi connectivity index (χ0n) is 19.6. The Labute approximate surface area is 211 Å². The van der Waals surface area contributed by atoms with Gasteiger partial charge in [-0.1, -0.05) is 71.6 Å². The van der Waals surface area contributed by atoms with Crippen molar-refractivity contribution in [1.29, 1.82) is 0 Å². The predicted molar refractivity (Wildman–Crippen MR) is 139 cm³/mol. The maximum atomic E-state index is 13.6. The van der Waals surface area contributed by atoms with Crippen molar-refractivity contribution in [3.05, 3.63) is 93.0 Å². The van der Waals surface area contributed by atoms with Crippen LogP contribution in [0.2, 0.25) is 10.0 Å². The molecular formula is C26H28Cl2N2O3S. The molecule has 0 radical (unpaired) electrons. The molecule has 3 rings (SSSR count). The standard InChI is InChI=1S/C26H28Cl2N2O3S/c1-5-25(24-11-8-18(3)12-19(24)4)29-26(31)16-30(22-14-20(27)13-21(28)15-22)34(32,33)23-9-6-17(2)7-10-23/h6-15,25H,5,16H2,1-4H3,(H,29,31). The minimum atomic E-state index is -4.07. The third-order valence-corrected chi connectivity index (χ3v) is 7.80. The molecule has 0 heterocycles. The Morgan fingerprint density at radius 2 is 1.50 bits per heavy atom. The minimum Gasteiger partial charge on any atom is -0.348 e. The summed E-state index contributed by atoms with van der Waals surface area (Å²) in [7, 11) is -4.07. The van der Waals surface area contributed by atoms with Gasteiger partial charge < -0.3 is 5.32 Å². The zero-order chi connectivity index (χ0) is 25.0. The second-order valence-corrected chi connectivity index (χ2v) is 11.1. The summed E-state index contributed by atoms with van der Waals surface area (Å²) in [4.78, 5) is 13.2. The summed E-state index contributed by atoms with van der Waals surface area (Å²) in [6.45, 7) is 7.44. The number of halogens is 2. The van der Waals surface area contributed by atoms with Gasteiger partial charge in [-0.15, -0.1) is 0 Å². The van der Waals surface area contributed by atoms with E-state index in [-0.39, 0.29) is 26.7 Å². The van der Waals surface area contributed by atoms with Gasteiger partial charge in [0.15, 0.2) is 0 Å². The normalized spacial score (nSPS) is 12.3. The molecule has 0 saturated carbocycles. The van der Waals surface area contributed by atoms with Crippen molar-refractivity contribution in [2.45, 2.75) is 45.1 Å². The molecule has 0 bridgehead atoms. The second-order valence-electron chi connectivity index (χ2n) is 8.34. The van der Waals surface area contributed by atoms with Crippen LogP contribution in [0.1, 0.15) is 41.6 Å². The van der Waals surface area contributed by atoms with Gasteiger partial charge in [-0.3, -0.25) is 9.10 Å². The van der Waals surface area contributed by atoms with Crippen molar-refractivity contribution in [2.24, 2.45) is 0 Å². The van der Waals surface area contributed by atoms with E-state index in [0.717, 1.165) is 26.6 Å². The number of hydrogen-bond donors (Lipinski definition) is 1. The molecule has 1 amide bonds. The van der Waals surface area contributed by atoms with Crippen LogP contribution in [0.25, 0.3) is 0 Å². The van der Waals surface area contributed by atoms with Crippen LogP contribution in [0.4, 0.5) is 5.69 Å². The summed E-state index contributed by atoms with van der Waals surface area (Å²) in [5.74, 6) is -0.432. The third kappa shape index (κ3) is 6.12. The van der Waals surface area contributed by atoms with Crippen molar-refractivity contribution < 1.29 is 13.2 Å². The molecule has 1 N–H and O–H groups in total. The molecule has 0 aliphatic heterocycles. The molecule has 0 fully saturated rings. The molecule has 1 atom stereocenters. The van der Waals surface area contributed by atoms with Crippen LogP contribution in [-0.2, 0) is 14.8 Å². The van der Waals surface area contributed by atoms with E-state index in [9.17, 15) is 13.2 Å². The van der Waals surface area contributed by atoms with Crippen molar-refractivity contribution in [2.75, 3.05) is 10.8 Å². The van der Waals surface area contributed by atoms with E-state index in [1.807, 2.05) is 39.8 Å². The summed E-state index contributed by atoms with van der Waals surface area (Å²) in [5.41, 5.74) is 4.34. The SMILES string of the molecule is CCC(NC(=O)CN(c1cc(Cl)cc(Cl)c1)S(=O)(=O)c1ccc(C)cc1)c1ccc(C)cc1C. The maximum Gasteiger partial charge on any atom is 0.264 e. The van der Waals surface area contributed by atoms with Crippen molar-refractivity contribution in [1.82, 2.24) is 5.32 Å². The first-order valence-corrected chi connectivity index (χ1v) is 13.1. The van der Waals surface area contributed by atoms with Crippen LogP contribution in [0.5, 0.6) is 0 Å². The van der Waals surface area contributed by atoms with Crippen LogP contribution in [-0.4, -0.2) is 20.9 Å². The minimum absolute atomic E-state index is 0.0726. The number of carbonyl (C=O) groups is 1. The van der Waals surface area contributed by atoms with Crippen molar-refractivity contribution >= 4 is 44.8 Å². The maximum absolute atomic E-state index is 13.6. The smallest absolute Gasteiger partial charge is 0.264 e. The lowest BCUT2D eigenvalue weighted by molar-refractivity contribution is -0.120. The Balaban J connectivity index is 1.96. The monoisotopic (exact) mass is 518 g/mol. The number of carbonyl (C=O) groups excluding carboxylic acids is 1. The fourth-order valence-electron chi connectivity index (χ4n) is 3.82. The highest BCUT2D eigenvalue weighted by molar-refractivity contribution is 7.92. The largest absolute Gasteiger partial charge is 0.348 e. The Bertz CT molecular complexity index is 1270. The molecule has 8 heteroatoms. The highest BCUT2D eigenvalue weighted by Crippen LogP contribution is 2.30. The second kappa shape index (κ2) is 10.8. The number of nitrogens with zero attached hydrogens (tertiary/aromatic N) is 1. The van der Waals surface area contributed by atoms with Gasteiger partial charge in [-0.25, -0.2) is 8.42 Å². The first kappa shape index (κ1) is 26.1. The summed E-state index contributed by atoms with van der Waals surface area (Å²) >= 11 is 12.3. The lowest BCUT2D eigenvalue weighted by atomic mass is 9.97. The van der Waals surface area contributed by atoms with E-state index in [2.05, 4.69) is 11.4 Å². The first-order valence-electron chi connectivity index (χ1n) is 10.9. The van der Waals surface area contributed by atoms with Gasteiger partial charge in [0.05, 0.1) is 16.6 Å². The molecule has 0 aliphatic rings. The molecule has 0 aliphatic carbocycles. The fraction of sp³-hybridized carbons (Fsp3) is 0.269. The predicted octanol–water partition coefficient (Wildman–Crippen LogP) is 6.38. The number of nitrogens with one attached hydrogen (secondary N) is 1. The van der Waals surface area contributed by atoms with Crippen LogP contribution in [0, 0.1) is 20.8 Å². The quantitative estimate of drug-likeness (QED) is 0.376. The molecule has 3 aromatic carbocycles. The van der Waals surface area contributed by atoms with Gasteiger partial charge in [0.1, 0.15) is 6.54 Å². The van der Waals surface area contributed by atoms with Gasteiger partial charge >= 0.3 is 0 Å². The number of benzene rings is 3. The average molecular weight is 519 g/mol. The molecule has 180 valence electrons. The van der Waals surface area contributed by atoms with E-state index in [1.165, 1.54) is 30.3 Å². The molecule has 0 saturated heterocycles. The van der Waals surface area contributed by atoms with Crippen molar-refractivity contribution in [3.8, 4) is 0 Å². The summed E-state index contributed by atoms with van der Waals surface area (Å²) in [5, 5.41) is 3.54. The Morgan fingerprint density at radius 1 is 0.912 bits per heavy atom. The van der Waals surface area contributed by atoms with Gasteiger partial charge in [-0.05, 0) is 68.7 Å². The topological polar surface area (TPSA) is 66.5 Å². The number of rotatable bonds is 8. The molecule has 1 unspecified atom stereocenters. The van der Waals surface area contributed by atoms with Gasteiger partial charge in [0.25, 0.3) is 10.0 Å². The third-order valence-electron chi connectivity index (χ3n) is 5.58. The number of hydrogen-bond acceptors (Lipinski definition) is 3. The lowest BCUT2D eigenvalue weighted by Gasteiger charge is -2.26. The molecule has 34 heavy (non-hydrogen) atoms. The number of sulfonamides is 1. The first-order chi connectivity index (χ1) is 16.0. The van der Waals surface area contributed by atoms with Crippen LogP contribution in [0.3, 0.4) is 0 Å². The summed E-state index contributed by atoms with van der Waals surface area (Å²) < 4.78 is 28.2.